The minimum atomic E-state index is -1.01. The largest absolute Gasteiger partial charge is 0.481 e. The second-order valence-electron chi connectivity index (χ2n) is 5.97. The number of aliphatic carboxylic acids is 1. The second-order valence-corrected chi connectivity index (χ2v) is 6.41. The van der Waals surface area contributed by atoms with E-state index in [2.05, 4.69) is 10.9 Å². The smallest absolute Gasteiger partial charge is 0.307 e. The van der Waals surface area contributed by atoms with Crippen molar-refractivity contribution in [2.75, 3.05) is 0 Å². The maximum Gasteiger partial charge on any atom is 0.307 e. The Balaban J connectivity index is 2.03. The molecule has 6 nitrogen and oxygen atoms in total. The quantitative estimate of drug-likeness (QED) is 0.576. The van der Waals surface area contributed by atoms with E-state index in [1.807, 2.05) is 13.8 Å². The zero-order valence-electron chi connectivity index (χ0n) is 13.4. The second kappa shape index (κ2) is 7.49. The molecule has 0 aliphatic heterocycles. The van der Waals surface area contributed by atoms with Crippen LogP contribution in [0.4, 0.5) is 0 Å². The van der Waals surface area contributed by atoms with E-state index < -0.39 is 29.6 Å². The van der Waals surface area contributed by atoms with Crippen LogP contribution in [0.25, 0.3) is 0 Å². The summed E-state index contributed by atoms with van der Waals surface area (Å²) in [5.74, 6) is -3.55. The van der Waals surface area contributed by atoms with Crippen LogP contribution < -0.4 is 10.9 Å². The SMILES string of the molecule is CC1=C(C)C[C@@H](C(=O)NNC(=O)c2cccc(Cl)c2)[C@H](C(=O)O)C1. The number of carboxylic acid groups (broad SMARTS) is 1. The van der Waals surface area contributed by atoms with Gasteiger partial charge in [-0.3, -0.25) is 25.2 Å². The van der Waals surface area contributed by atoms with Crippen molar-refractivity contribution in [2.24, 2.45) is 11.8 Å². The van der Waals surface area contributed by atoms with Crippen LogP contribution in [-0.4, -0.2) is 22.9 Å². The summed E-state index contributed by atoms with van der Waals surface area (Å²) in [5, 5.41) is 9.75. The van der Waals surface area contributed by atoms with Gasteiger partial charge in [0.25, 0.3) is 5.91 Å². The molecule has 128 valence electrons. The molecule has 1 aliphatic rings. The fraction of sp³-hybridized carbons (Fsp3) is 0.353. The molecule has 0 aromatic heterocycles. The summed E-state index contributed by atoms with van der Waals surface area (Å²) in [7, 11) is 0. The van der Waals surface area contributed by atoms with Crippen molar-refractivity contribution in [2.45, 2.75) is 26.7 Å². The maximum atomic E-state index is 12.3. The number of benzene rings is 1. The topological polar surface area (TPSA) is 95.5 Å². The Bertz CT molecular complexity index is 714. The van der Waals surface area contributed by atoms with Gasteiger partial charge in [-0.25, -0.2) is 0 Å². The van der Waals surface area contributed by atoms with Crippen molar-refractivity contribution in [1.82, 2.24) is 10.9 Å². The first-order valence-corrected chi connectivity index (χ1v) is 7.91. The zero-order valence-corrected chi connectivity index (χ0v) is 14.2. The van der Waals surface area contributed by atoms with Crippen molar-refractivity contribution in [3.8, 4) is 0 Å². The number of nitrogens with one attached hydrogen (secondary N) is 2. The molecule has 0 fully saturated rings. The van der Waals surface area contributed by atoms with Gasteiger partial charge in [-0.1, -0.05) is 28.8 Å². The summed E-state index contributed by atoms with van der Waals surface area (Å²) < 4.78 is 0. The number of hydrogen-bond donors (Lipinski definition) is 3. The van der Waals surface area contributed by atoms with Gasteiger partial charge in [0.15, 0.2) is 0 Å². The highest BCUT2D eigenvalue weighted by atomic mass is 35.5. The molecule has 24 heavy (non-hydrogen) atoms. The Morgan fingerprint density at radius 2 is 1.71 bits per heavy atom. The number of allylic oxidation sites excluding steroid dienone is 2. The van der Waals surface area contributed by atoms with Gasteiger partial charge in [0.2, 0.25) is 5.91 Å². The molecule has 0 unspecified atom stereocenters. The monoisotopic (exact) mass is 350 g/mol. The lowest BCUT2D eigenvalue weighted by molar-refractivity contribution is -0.147. The molecule has 0 radical (unpaired) electrons. The number of amides is 2. The molecular weight excluding hydrogens is 332 g/mol. The molecule has 1 aromatic rings. The Labute approximate surface area is 144 Å². The van der Waals surface area contributed by atoms with Gasteiger partial charge >= 0.3 is 5.97 Å². The summed E-state index contributed by atoms with van der Waals surface area (Å²) in [5.41, 5.74) is 6.93. The molecular formula is C17H19ClN2O4. The van der Waals surface area contributed by atoms with Gasteiger partial charge in [0.05, 0.1) is 11.8 Å². The molecule has 2 rings (SSSR count). The molecule has 0 heterocycles. The normalized spacial score (nSPS) is 20.5. The summed E-state index contributed by atoms with van der Waals surface area (Å²) in [6, 6.07) is 6.29. The van der Waals surface area contributed by atoms with E-state index >= 15 is 0 Å². The predicted octanol–water partition coefficient (Wildman–Crippen LogP) is 2.55. The minimum absolute atomic E-state index is 0.299. The van der Waals surface area contributed by atoms with E-state index in [4.69, 9.17) is 11.6 Å². The van der Waals surface area contributed by atoms with Crippen molar-refractivity contribution < 1.29 is 19.5 Å². The van der Waals surface area contributed by atoms with Gasteiger partial charge in [0, 0.05) is 10.6 Å². The summed E-state index contributed by atoms with van der Waals surface area (Å²) in [4.78, 5) is 35.7. The van der Waals surface area contributed by atoms with Gasteiger partial charge in [-0.05, 0) is 44.9 Å². The van der Waals surface area contributed by atoms with Crippen molar-refractivity contribution in [1.29, 1.82) is 0 Å². The molecule has 0 saturated carbocycles. The molecule has 2 atom stereocenters. The van der Waals surface area contributed by atoms with E-state index in [1.165, 1.54) is 6.07 Å². The first-order valence-electron chi connectivity index (χ1n) is 7.53. The lowest BCUT2D eigenvalue weighted by Gasteiger charge is -2.29. The molecule has 7 heteroatoms. The van der Waals surface area contributed by atoms with Crippen LogP contribution in [0.2, 0.25) is 5.02 Å². The van der Waals surface area contributed by atoms with Gasteiger partial charge < -0.3 is 5.11 Å². The number of hydrazine groups is 1. The fourth-order valence-electron chi connectivity index (χ4n) is 2.74. The number of carbonyl (C=O) groups is 3. The van der Waals surface area contributed by atoms with Crippen LogP contribution in [0, 0.1) is 11.8 Å². The third kappa shape index (κ3) is 4.14. The Hall–Kier alpha value is -2.34. The average molecular weight is 351 g/mol. The Kier molecular flexibility index (Phi) is 5.62. The first kappa shape index (κ1) is 18.0. The molecule has 1 aromatic carbocycles. The number of hydrogen-bond acceptors (Lipinski definition) is 3. The molecule has 0 saturated heterocycles. The van der Waals surface area contributed by atoms with Crippen LogP contribution in [0.3, 0.4) is 0 Å². The van der Waals surface area contributed by atoms with Crippen LogP contribution in [-0.2, 0) is 9.59 Å². The number of halogens is 1. The Morgan fingerprint density at radius 1 is 1.08 bits per heavy atom. The summed E-state index contributed by atoms with van der Waals surface area (Å²) >= 11 is 5.82. The lowest BCUT2D eigenvalue weighted by Crippen LogP contribution is -2.48. The summed E-state index contributed by atoms with van der Waals surface area (Å²) in [6.45, 7) is 3.76. The van der Waals surface area contributed by atoms with Crippen LogP contribution in [0.5, 0.6) is 0 Å². The molecule has 2 amide bonds. The van der Waals surface area contributed by atoms with Gasteiger partial charge in [0.1, 0.15) is 0 Å². The molecule has 3 N–H and O–H groups in total. The zero-order chi connectivity index (χ0) is 17.9. The Morgan fingerprint density at radius 3 is 2.29 bits per heavy atom. The first-order chi connectivity index (χ1) is 11.3. The van der Waals surface area contributed by atoms with Crippen LogP contribution >= 0.6 is 11.6 Å². The molecule has 0 spiro atoms. The highest BCUT2D eigenvalue weighted by Crippen LogP contribution is 2.34. The number of carboxylic acids is 1. The highest BCUT2D eigenvalue weighted by Gasteiger charge is 2.37. The standard InChI is InChI=1S/C17H19ClN2O4/c1-9-6-13(14(17(23)24)7-10(9)2)16(22)20-19-15(21)11-4-3-5-12(18)8-11/h3-5,8,13-14H,6-7H2,1-2H3,(H,19,21)(H,20,22)(H,23,24)/t13-,14-/m1/s1. The van der Waals surface area contributed by atoms with E-state index in [9.17, 15) is 19.5 Å². The maximum absolute atomic E-state index is 12.3. The average Bonchev–Trinajstić information content (AvgIpc) is 2.54. The fourth-order valence-corrected chi connectivity index (χ4v) is 2.93. The van der Waals surface area contributed by atoms with Crippen LogP contribution in [0.15, 0.2) is 35.4 Å². The third-order valence-corrected chi connectivity index (χ3v) is 4.54. The number of carbonyl (C=O) groups excluding carboxylic acids is 2. The molecule has 0 bridgehead atoms. The van der Waals surface area contributed by atoms with Gasteiger partial charge in [-0.15, -0.1) is 0 Å². The van der Waals surface area contributed by atoms with E-state index in [0.29, 0.717) is 23.4 Å². The molecule has 1 aliphatic carbocycles. The van der Waals surface area contributed by atoms with E-state index in [0.717, 1.165) is 11.1 Å². The minimum Gasteiger partial charge on any atom is -0.481 e. The van der Waals surface area contributed by atoms with Crippen LogP contribution in [0.1, 0.15) is 37.0 Å². The number of rotatable bonds is 3. The van der Waals surface area contributed by atoms with Crippen molar-refractivity contribution in [3.05, 3.63) is 46.0 Å². The highest BCUT2D eigenvalue weighted by molar-refractivity contribution is 6.30. The van der Waals surface area contributed by atoms with Crippen molar-refractivity contribution in [3.63, 3.8) is 0 Å². The van der Waals surface area contributed by atoms with Crippen molar-refractivity contribution >= 4 is 29.4 Å². The van der Waals surface area contributed by atoms with E-state index in [-0.39, 0.29) is 0 Å². The van der Waals surface area contributed by atoms with Gasteiger partial charge in [-0.2, -0.15) is 0 Å². The lowest BCUT2D eigenvalue weighted by atomic mass is 9.76. The van der Waals surface area contributed by atoms with E-state index in [1.54, 1.807) is 18.2 Å². The third-order valence-electron chi connectivity index (χ3n) is 4.31. The summed E-state index contributed by atoms with van der Waals surface area (Å²) in [6.07, 6.45) is 0.698. The predicted molar refractivity (Wildman–Crippen MR) is 89.3 cm³/mol.